The standard InChI is InChI=1S/C34H20N8O2/c1-17(43)44-25-16-8-15-24-26(25)34-41-32-23-14-7-6-13-22(23)30(39-32)37-28-19-10-3-2-9-18(19)27(35-28)36-29-20-11-4-5-12-21(20)31(38-29)40-33(24)42-34/h2-16H,1H3,(H2,35,36,37,38,39,40,41,42). The van der Waals surface area contributed by atoms with Gasteiger partial charge in [-0.2, -0.15) is 0 Å². The van der Waals surface area contributed by atoms with E-state index < -0.39 is 5.97 Å². The Kier molecular flexibility index (Phi) is 5.03. The van der Waals surface area contributed by atoms with Crippen molar-refractivity contribution in [2.45, 2.75) is 6.92 Å². The molecule has 2 aliphatic heterocycles. The van der Waals surface area contributed by atoms with Crippen molar-refractivity contribution in [3.63, 3.8) is 0 Å². The Morgan fingerprint density at radius 1 is 0.500 bits per heavy atom. The van der Waals surface area contributed by atoms with Gasteiger partial charge in [-0.25, -0.2) is 29.9 Å². The van der Waals surface area contributed by atoms with Gasteiger partial charge in [0.1, 0.15) is 28.3 Å². The van der Waals surface area contributed by atoms with E-state index in [2.05, 4.69) is 9.97 Å². The second-order valence-electron chi connectivity index (χ2n) is 10.5. The molecule has 9 rings (SSSR count). The third kappa shape index (κ3) is 3.64. The molecule has 44 heavy (non-hydrogen) atoms. The van der Waals surface area contributed by atoms with E-state index in [1.165, 1.54) is 6.92 Å². The zero-order valence-electron chi connectivity index (χ0n) is 23.2. The molecule has 0 amide bonds. The van der Waals surface area contributed by atoms with Crippen molar-refractivity contribution >= 4 is 50.1 Å². The minimum Gasteiger partial charge on any atom is -0.426 e. The summed E-state index contributed by atoms with van der Waals surface area (Å²) in [6.07, 6.45) is 0. The van der Waals surface area contributed by atoms with Gasteiger partial charge in [0.2, 0.25) is 0 Å². The van der Waals surface area contributed by atoms with E-state index in [4.69, 9.17) is 34.6 Å². The van der Waals surface area contributed by atoms with Crippen molar-refractivity contribution in [1.29, 1.82) is 0 Å². The van der Waals surface area contributed by atoms with Crippen LogP contribution in [0.5, 0.6) is 5.75 Å². The van der Waals surface area contributed by atoms with Gasteiger partial charge < -0.3 is 14.7 Å². The van der Waals surface area contributed by atoms with E-state index >= 15 is 0 Å². The molecule has 10 heteroatoms. The maximum Gasteiger partial charge on any atom is 0.308 e. The van der Waals surface area contributed by atoms with Crippen LogP contribution in [0.25, 0.3) is 89.7 Å². The molecule has 2 N–H and O–H groups in total. The van der Waals surface area contributed by atoms with Gasteiger partial charge in [-0.1, -0.05) is 84.9 Å². The molecular weight excluding hydrogens is 552 g/mol. The molecule has 0 atom stereocenters. The fraction of sp³-hybridized carbons (Fsp3) is 0.0294. The Morgan fingerprint density at radius 3 is 1.41 bits per heavy atom. The first-order valence-corrected chi connectivity index (χ1v) is 14.0. The predicted molar refractivity (Wildman–Crippen MR) is 167 cm³/mol. The number of carbonyl (C=O) groups is 1. The maximum atomic E-state index is 12.1. The number of esters is 1. The van der Waals surface area contributed by atoms with Crippen LogP contribution >= 0.6 is 0 Å². The quantitative estimate of drug-likeness (QED) is 0.162. The Hall–Kier alpha value is -6.29. The van der Waals surface area contributed by atoms with Gasteiger partial charge >= 0.3 is 5.97 Å². The Balaban J connectivity index is 1.50. The van der Waals surface area contributed by atoms with Gasteiger partial charge in [-0.05, 0) is 6.07 Å². The molecule has 208 valence electrons. The number of aromatic nitrogens is 8. The second-order valence-corrected chi connectivity index (χ2v) is 10.5. The number of ether oxygens (including phenoxy) is 1. The number of nitrogens with one attached hydrogen (secondary N) is 2. The van der Waals surface area contributed by atoms with Crippen LogP contribution in [0.1, 0.15) is 6.92 Å². The third-order valence-corrected chi connectivity index (χ3v) is 7.79. The highest BCUT2D eigenvalue weighted by Gasteiger charge is 2.22. The summed E-state index contributed by atoms with van der Waals surface area (Å²) in [6, 6.07) is 29.1. The van der Waals surface area contributed by atoms with Crippen LogP contribution in [-0.2, 0) is 4.79 Å². The maximum absolute atomic E-state index is 12.1. The van der Waals surface area contributed by atoms with Gasteiger partial charge in [0.25, 0.3) is 0 Å². The zero-order valence-corrected chi connectivity index (χ0v) is 23.2. The summed E-state index contributed by atoms with van der Waals surface area (Å²) in [6.45, 7) is 1.37. The number of fused-ring (bicyclic) bond motifs is 20. The summed E-state index contributed by atoms with van der Waals surface area (Å²) in [4.78, 5) is 48.6. The molecule has 7 aromatic rings. The summed E-state index contributed by atoms with van der Waals surface area (Å²) in [5.74, 6) is 1.95. The number of hydrogen-bond donors (Lipinski definition) is 2. The van der Waals surface area contributed by atoms with Crippen molar-refractivity contribution < 1.29 is 9.53 Å². The molecule has 0 radical (unpaired) electrons. The van der Waals surface area contributed by atoms with Crippen LogP contribution in [-0.4, -0.2) is 45.8 Å². The summed E-state index contributed by atoms with van der Waals surface area (Å²) in [7, 11) is 0. The van der Waals surface area contributed by atoms with Crippen LogP contribution in [0.4, 0.5) is 0 Å². The number of rotatable bonds is 1. The highest BCUT2D eigenvalue weighted by molar-refractivity contribution is 6.09. The Bertz CT molecular complexity index is 2530. The number of carbonyl (C=O) groups excluding carboxylic acids is 1. The first-order chi connectivity index (χ1) is 21.6. The van der Waals surface area contributed by atoms with Crippen molar-refractivity contribution in [1.82, 2.24) is 39.9 Å². The molecule has 3 aromatic heterocycles. The molecule has 0 unspecified atom stereocenters. The fourth-order valence-electron chi connectivity index (χ4n) is 5.90. The summed E-state index contributed by atoms with van der Waals surface area (Å²) < 4.78 is 5.62. The first-order valence-electron chi connectivity index (χ1n) is 14.0. The highest BCUT2D eigenvalue weighted by Crippen LogP contribution is 2.38. The lowest BCUT2D eigenvalue weighted by Crippen LogP contribution is -2.01. The van der Waals surface area contributed by atoms with Crippen molar-refractivity contribution in [3.05, 3.63) is 91.0 Å². The van der Waals surface area contributed by atoms with Crippen LogP contribution in [0.3, 0.4) is 0 Å². The van der Waals surface area contributed by atoms with E-state index in [0.717, 1.165) is 38.4 Å². The van der Waals surface area contributed by atoms with Crippen LogP contribution in [0.15, 0.2) is 91.0 Å². The van der Waals surface area contributed by atoms with E-state index in [1.807, 2.05) is 84.9 Å². The van der Waals surface area contributed by atoms with Gasteiger partial charge in [0.05, 0.1) is 5.39 Å². The van der Waals surface area contributed by atoms with E-state index in [9.17, 15) is 4.79 Å². The van der Waals surface area contributed by atoms with Crippen molar-refractivity contribution in [3.8, 4) is 51.3 Å². The molecule has 0 saturated carbocycles. The first kappa shape index (κ1) is 24.3. The molecule has 2 aliphatic rings. The number of hydrogen-bond acceptors (Lipinski definition) is 8. The lowest BCUT2D eigenvalue weighted by Gasteiger charge is -2.02. The summed E-state index contributed by atoms with van der Waals surface area (Å²) >= 11 is 0. The Labute approximate surface area is 248 Å². The van der Waals surface area contributed by atoms with Crippen molar-refractivity contribution in [2.24, 2.45) is 0 Å². The fourth-order valence-corrected chi connectivity index (χ4v) is 5.90. The zero-order chi connectivity index (χ0) is 29.4. The minimum absolute atomic E-state index is 0.367. The van der Waals surface area contributed by atoms with Gasteiger partial charge in [0, 0.05) is 45.3 Å². The largest absolute Gasteiger partial charge is 0.426 e. The molecule has 0 saturated heterocycles. The molecule has 4 aromatic carbocycles. The monoisotopic (exact) mass is 572 g/mol. The predicted octanol–water partition coefficient (Wildman–Crippen LogP) is 6.79. The topological polar surface area (TPSA) is 135 Å². The highest BCUT2D eigenvalue weighted by atomic mass is 16.5. The van der Waals surface area contributed by atoms with E-state index in [-0.39, 0.29) is 0 Å². The summed E-state index contributed by atoms with van der Waals surface area (Å²) in [5, 5.41) is 3.15. The number of nitrogens with zero attached hydrogens (tertiary/aromatic N) is 6. The number of H-pyrrole nitrogens is 2. The number of benzene rings is 4. The van der Waals surface area contributed by atoms with Gasteiger partial charge in [-0.15, -0.1) is 0 Å². The smallest absolute Gasteiger partial charge is 0.308 e. The van der Waals surface area contributed by atoms with Crippen molar-refractivity contribution in [2.75, 3.05) is 0 Å². The average Bonchev–Trinajstić information content (AvgIpc) is 3.77. The second kappa shape index (κ2) is 9.10. The molecule has 0 spiro atoms. The SMILES string of the molecule is CC(=O)Oc1cccc2c3nc4nc(nc5[nH]c(nc6nc(nc([nH]3)c12)-c1ccccc1-6)c1ccccc51)-c1ccccc1-4. The van der Waals surface area contributed by atoms with Crippen LogP contribution < -0.4 is 4.74 Å². The lowest BCUT2D eigenvalue weighted by atomic mass is 10.1. The Morgan fingerprint density at radius 2 is 0.909 bits per heavy atom. The average molecular weight is 573 g/mol. The molecular formula is C34H20N8O2. The normalized spacial score (nSPS) is 11.8. The van der Waals surface area contributed by atoms with E-state index in [0.29, 0.717) is 57.0 Å². The third-order valence-electron chi connectivity index (χ3n) is 7.79. The molecule has 10 nitrogen and oxygen atoms in total. The molecule has 0 fully saturated rings. The van der Waals surface area contributed by atoms with Crippen LogP contribution in [0.2, 0.25) is 0 Å². The molecule has 0 aliphatic carbocycles. The van der Waals surface area contributed by atoms with E-state index in [1.54, 1.807) is 6.07 Å². The summed E-state index contributed by atoms with van der Waals surface area (Å²) in [5.41, 5.74) is 5.63. The van der Waals surface area contributed by atoms with Gasteiger partial charge in [-0.3, -0.25) is 4.79 Å². The molecule has 8 bridgehead atoms. The van der Waals surface area contributed by atoms with Crippen LogP contribution in [0, 0.1) is 0 Å². The minimum atomic E-state index is -0.438. The number of aromatic amines is 2. The van der Waals surface area contributed by atoms with Gasteiger partial charge in [0.15, 0.2) is 23.3 Å². The lowest BCUT2D eigenvalue weighted by molar-refractivity contribution is -0.131. The molecule has 5 heterocycles.